The van der Waals surface area contributed by atoms with E-state index in [4.69, 9.17) is 11.6 Å². The zero-order chi connectivity index (χ0) is 9.68. The Hall–Kier alpha value is -0.280. The Labute approximate surface area is 84.6 Å². The van der Waals surface area contributed by atoms with Crippen LogP contribution in [0.5, 0.6) is 0 Å². The van der Waals surface area contributed by atoms with E-state index in [0.717, 1.165) is 32.7 Å². The highest BCUT2D eigenvalue weighted by Gasteiger charge is 2.18. The number of halogens is 1. The van der Waals surface area contributed by atoms with Crippen molar-refractivity contribution in [1.29, 1.82) is 0 Å². The highest BCUT2D eigenvalue weighted by atomic mass is 35.5. The van der Waals surface area contributed by atoms with Crippen LogP contribution in [-0.4, -0.2) is 54.3 Å². The van der Waals surface area contributed by atoms with Gasteiger partial charge in [-0.3, -0.25) is 4.79 Å². The van der Waals surface area contributed by atoms with Crippen LogP contribution in [0.1, 0.15) is 13.3 Å². The molecule has 0 bridgehead atoms. The van der Waals surface area contributed by atoms with Crippen molar-refractivity contribution in [2.75, 3.05) is 38.6 Å². The third-order valence-corrected chi connectivity index (χ3v) is 2.67. The van der Waals surface area contributed by atoms with Crippen molar-refractivity contribution >= 4 is 17.5 Å². The quantitative estimate of drug-likeness (QED) is 0.635. The highest BCUT2D eigenvalue weighted by Crippen LogP contribution is 2.03. The molecule has 1 aliphatic heterocycles. The van der Waals surface area contributed by atoms with E-state index >= 15 is 0 Å². The van der Waals surface area contributed by atoms with Crippen LogP contribution in [0.2, 0.25) is 0 Å². The summed E-state index contributed by atoms with van der Waals surface area (Å²) in [7, 11) is 0. The van der Waals surface area contributed by atoms with Gasteiger partial charge < -0.3 is 9.80 Å². The monoisotopic (exact) mass is 204 g/mol. The lowest BCUT2D eigenvalue weighted by Gasteiger charge is -2.34. The van der Waals surface area contributed by atoms with Gasteiger partial charge in [0, 0.05) is 38.5 Å². The van der Waals surface area contributed by atoms with Crippen LogP contribution in [0.15, 0.2) is 0 Å². The van der Waals surface area contributed by atoms with E-state index in [0.29, 0.717) is 12.3 Å². The van der Waals surface area contributed by atoms with Crippen LogP contribution in [0.4, 0.5) is 0 Å². The van der Waals surface area contributed by atoms with Gasteiger partial charge in [0.1, 0.15) is 0 Å². The van der Waals surface area contributed by atoms with Gasteiger partial charge in [0.05, 0.1) is 0 Å². The molecule has 1 aliphatic rings. The minimum atomic E-state index is 0.200. The van der Waals surface area contributed by atoms with E-state index in [1.54, 1.807) is 0 Å². The third-order valence-electron chi connectivity index (χ3n) is 2.48. The second kappa shape index (κ2) is 5.45. The second-order valence-corrected chi connectivity index (χ2v) is 3.63. The molecule has 0 aromatic carbocycles. The summed E-state index contributed by atoms with van der Waals surface area (Å²) < 4.78 is 0. The van der Waals surface area contributed by atoms with E-state index in [2.05, 4.69) is 11.8 Å². The molecule has 1 fully saturated rings. The van der Waals surface area contributed by atoms with Crippen LogP contribution in [0.25, 0.3) is 0 Å². The van der Waals surface area contributed by atoms with Gasteiger partial charge in [-0.05, 0) is 6.54 Å². The average molecular weight is 205 g/mol. The lowest BCUT2D eigenvalue weighted by molar-refractivity contribution is -0.132. The molecule has 3 nitrogen and oxygen atoms in total. The Morgan fingerprint density at radius 1 is 1.31 bits per heavy atom. The molecular weight excluding hydrogens is 188 g/mol. The number of piperazine rings is 1. The molecule has 0 saturated carbocycles. The first-order valence-electron chi connectivity index (χ1n) is 4.84. The topological polar surface area (TPSA) is 23.6 Å². The summed E-state index contributed by atoms with van der Waals surface area (Å²) in [6, 6.07) is 0. The Kier molecular flexibility index (Phi) is 4.53. The minimum Gasteiger partial charge on any atom is -0.340 e. The van der Waals surface area contributed by atoms with Gasteiger partial charge in [-0.1, -0.05) is 6.92 Å². The molecule has 0 radical (unpaired) electrons. The summed E-state index contributed by atoms with van der Waals surface area (Å²) >= 11 is 5.51. The zero-order valence-electron chi connectivity index (χ0n) is 8.13. The molecule has 0 aliphatic carbocycles. The SMILES string of the molecule is CCN1CCN(C(=O)CCCl)CC1. The number of likely N-dealkylation sites (N-methyl/N-ethyl adjacent to an activating group) is 1. The van der Waals surface area contributed by atoms with Gasteiger partial charge in [0.2, 0.25) is 5.91 Å². The summed E-state index contributed by atoms with van der Waals surface area (Å²) in [5.41, 5.74) is 0. The first-order chi connectivity index (χ1) is 6.27. The smallest absolute Gasteiger partial charge is 0.223 e. The van der Waals surface area contributed by atoms with Crippen molar-refractivity contribution < 1.29 is 4.79 Å². The Balaban J connectivity index is 2.28. The minimum absolute atomic E-state index is 0.200. The van der Waals surface area contributed by atoms with Crippen LogP contribution in [0, 0.1) is 0 Å². The molecule has 0 N–H and O–H groups in total. The standard InChI is InChI=1S/C9H17ClN2O/c1-2-11-5-7-12(8-6-11)9(13)3-4-10/h2-8H2,1H3. The van der Waals surface area contributed by atoms with Crippen molar-refractivity contribution in [3.8, 4) is 0 Å². The summed E-state index contributed by atoms with van der Waals surface area (Å²) in [5, 5.41) is 0. The maximum absolute atomic E-state index is 11.4. The lowest BCUT2D eigenvalue weighted by Crippen LogP contribution is -2.48. The maximum atomic E-state index is 11.4. The maximum Gasteiger partial charge on any atom is 0.223 e. The van der Waals surface area contributed by atoms with Crippen molar-refractivity contribution in [1.82, 2.24) is 9.80 Å². The lowest BCUT2D eigenvalue weighted by atomic mass is 10.3. The Morgan fingerprint density at radius 3 is 2.38 bits per heavy atom. The number of carbonyl (C=O) groups is 1. The third kappa shape index (κ3) is 3.16. The molecule has 1 amide bonds. The largest absolute Gasteiger partial charge is 0.340 e. The Morgan fingerprint density at radius 2 is 1.92 bits per heavy atom. The van der Waals surface area contributed by atoms with E-state index in [1.165, 1.54) is 0 Å². The summed E-state index contributed by atoms with van der Waals surface area (Å²) in [5.74, 6) is 0.637. The van der Waals surface area contributed by atoms with E-state index in [1.807, 2.05) is 4.90 Å². The molecule has 1 rings (SSSR count). The molecule has 0 aromatic heterocycles. The first kappa shape index (κ1) is 10.8. The number of hydrogen-bond acceptors (Lipinski definition) is 2. The van der Waals surface area contributed by atoms with Crippen LogP contribution < -0.4 is 0 Å². The van der Waals surface area contributed by atoms with Crippen LogP contribution in [-0.2, 0) is 4.79 Å². The van der Waals surface area contributed by atoms with Gasteiger partial charge in [-0.25, -0.2) is 0 Å². The first-order valence-corrected chi connectivity index (χ1v) is 5.37. The van der Waals surface area contributed by atoms with Gasteiger partial charge in [-0.2, -0.15) is 0 Å². The number of carbonyl (C=O) groups excluding carboxylic acids is 1. The predicted molar refractivity (Wildman–Crippen MR) is 54.0 cm³/mol. The fraction of sp³-hybridized carbons (Fsp3) is 0.889. The molecule has 1 heterocycles. The Bertz CT molecular complexity index is 167. The highest BCUT2D eigenvalue weighted by molar-refractivity contribution is 6.18. The number of rotatable bonds is 3. The van der Waals surface area contributed by atoms with Gasteiger partial charge in [0.15, 0.2) is 0 Å². The predicted octanol–water partition coefficient (Wildman–Crippen LogP) is 0.779. The molecule has 76 valence electrons. The van der Waals surface area contributed by atoms with E-state index in [9.17, 15) is 4.79 Å². The van der Waals surface area contributed by atoms with Crippen LogP contribution >= 0.6 is 11.6 Å². The van der Waals surface area contributed by atoms with Crippen molar-refractivity contribution in [3.05, 3.63) is 0 Å². The van der Waals surface area contributed by atoms with Crippen molar-refractivity contribution in [2.45, 2.75) is 13.3 Å². The normalized spacial score (nSPS) is 19.1. The molecule has 0 spiro atoms. The molecule has 0 atom stereocenters. The summed E-state index contributed by atoms with van der Waals surface area (Å²) in [4.78, 5) is 15.7. The molecule has 4 heteroatoms. The van der Waals surface area contributed by atoms with Crippen molar-refractivity contribution in [2.24, 2.45) is 0 Å². The fourth-order valence-electron chi connectivity index (χ4n) is 1.55. The van der Waals surface area contributed by atoms with E-state index in [-0.39, 0.29) is 5.91 Å². The second-order valence-electron chi connectivity index (χ2n) is 3.25. The number of amides is 1. The molecule has 0 unspecified atom stereocenters. The number of hydrogen-bond donors (Lipinski definition) is 0. The van der Waals surface area contributed by atoms with Gasteiger partial charge >= 0.3 is 0 Å². The zero-order valence-corrected chi connectivity index (χ0v) is 8.89. The van der Waals surface area contributed by atoms with Crippen LogP contribution in [0.3, 0.4) is 0 Å². The number of alkyl halides is 1. The average Bonchev–Trinajstić information content (AvgIpc) is 2.18. The number of nitrogens with zero attached hydrogens (tertiary/aromatic N) is 2. The summed E-state index contributed by atoms with van der Waals surface area (Å²) in [6.45, 7) is 6.97. The van der Waals surface area contributed by atoms with Gasteiger partial charge in [0.25, 0.3) is 0 Å². The fourth-order valence-corrected chi connectivity index (χ4v) is 1.71. The molecule has 0 aromatic rings. The van der Waals surface area contributed by atoms with Gasteiger partial charge in [-0.15, -0.1) is 11.6 Å². The molecule has 13 heavy (non-hydrogen) atoms. The van der Waals surface area contributed by atoms with Crippen molar-refractivity contribution in [3.63, 3.8) is 0 Å². The molecule has 1 saturated heterocycles. The summed E-state index contributed by atoms with van der Waals surface area (Å²) in [6.07, 6.45) is 0.480. The molecular formula is C9H17ClN2O. The van der Waals surface area contributed by atoms with E-state index < -0.39 is 0 Å².